The lowest BCUT2D eigenvalue weighted by Gasteiger charge is -2.05. The van der Waals surface area contributed by atoms with E-state index in [9.17, 15) is 0 Å². The van der Waals surface area contributed by atoms with Crippen molar-refractivity contribution in [3.8, 4) is 0 Å². The zero-order chi connectivity index (χ0) is 16.7. The highest BCUT2D eigenvalue weighted by Crippen LogP contribution is 2.21. The van der Waals surface area contributed by atoms with Gasteiger partial charge in [-0.2, -0.15) is 0 Å². The van der Waals surface area contributed by atoms with Gasteiger partial charge in [-0.3, -0.25) is 9.98 Å². The van der Waals surface area contributed by atoms with E-state index in [1.54, 1.807) is 0 Å². The third-order valence-corrected chi connectivity index (χ3v) is 3.89. The monoisotopic (exact) mass is 306 g/mol. The van der Waals surface area contributed by atoms with Gasteiger partial charge in [-0.25, -0.2) is 0 Å². The minimum Gasteiger partial charge on any atom is -0.258 e. The van der Waals surface area contributed by atoms with E-state index in [0.717, 1.165) is 42.1 Å². The number of nitrogens with zero attached hydrogens (tertiary/aromatic N) is 2. The molecule has 0 heterocycles. The van der Waals surface area contributed by atoms with Gasteiger partial charge in [0.1, 0.15) is 0 Å². The molecule has 0 amide bonds. The van der Waals surface area contributed by atoms with E-state index >= 15 is 0 Å². The maximum atomic E-state index is 4.64. The van der Waals surface area contributed by atoms with Crippen LogP contribution in [0.25, 0.3) is 0 Å². The summed E-state index contributed by atoms with van der Waals surface area (Å²) >= 11 is 0. The Kier molecular flexibility index (Phi) is 6.28. The van der Waals surface area contributed by atoms with E-state index in [0.29, 0.717) is 0 Å². The average molecular weight is 306 g/mol. The number of hydrogen-bond donors (Lipinski definition) is 0. The molecular weight excluding hydrogens is 280 g/mol. The molecule has 0 aliphatic rings. The normalized spacial score (nSPS) is 12.5. The SMILES string of the molecule is CCC(C)=Nc1cccc(Cc2cccc(N=C(C)CC)c2)c1. The molecule has 2 rings (SSSR count). The third-order valence-electron chi connectivity index (χ3n) is 3.89. The highest BCUT2D eigenvalue weighted by molar-refractivity contribution is 5.84. The minimum absolute atomic E-state index is 0.906. The summed E-state index contributed by atoms with van der Waals surface area (Å²) in [4.78, 5) is 9.29. The van der Waals surface area contributed by atoms with Crippen LogP contribution in [0.2, 0.25) is 0 Å². The maximum absolute atomic E-state index is 4.64. The van der Waals surface area contributed by atoms with Gasteiger partial charge in [-0.1, -0.05) is 38.1 Å². The van der Waals surface area contributed by atoms with Crippen LogP contribution in [0.5, 0.6) is 0 Å². The minimum atomic E-state index is 0.906. The molecule has 0 aromatic heterocycles. The van der Waals surface area contributed by atoms with Crippen LogP contribution in [0.3, 0.4) is 0 Å². The summed E-state index contributed by atoms with van der Waals surface area (Å²) in [5, 5.41) is 0. The number of rotatable bonds is 6. The van der Waals surface area contributed by atoms with Crippen LogP contribution in [0.1, 0.15) is 51.7 Å². The van der Waals surface area contributed by atoms with Crippen LogP contribution in [0.4, 0.5) is 11.4 Å². The van der Waals surface area contributed by atoms with Crippen LogP contribution in [-0.4, -0.2) is 11.4 Å². The Balaban J connectivity index is 2.19. The summed E-state index contributed by atoms with van der Waals surface area (Å²) < 4.78 is 0. The van der Waals surface area contributed by atoms with Gasteiger partial charge < -0.3 is 0 Å². The zero-order valence-electron chi connectivity index (χ0n) is 14.6. The molecule has 0 radical (unpaired) electrons. The summed E-state index contributed by atoms with van der Waals surface area (Å²) in [5.41, 5.74) is 6.96. The Morgan fingerprint density at radius 2 is 1.17 bits per heavy atom. The fourth-order valence-corrected chi connectivity index (χ4v) is 2.31. The van der Waals surface area contributed by atoms with Crippen molar-refractivity contribution in [3.05, 3.63) is 59.7 Å². The highest BCUT2D eigenvalue weighted by Gasteiger charge is 2.00. The molecule has 0 N–H and O–H groups in total. The summed E-state index contributed by atoms with van der Waals surface area (Å²) in [6, 6.07) is 17.0. The predicted molar refractivity (Wildman–Crippen MR) is 102 cm³/mol. The van der Waals surface area contributed by atoms with Gasteiger partial charge in [-0.05, 0) is 68.5 Å². The van der Waals surface area contributed by atoms with Crippen LogP contribution >= 0.6 is 0 Å². The summed E-state index contributed by atoms with van der Waals surface area (Å²) in [6.45, 7) is 8.41. The topological polar surface area (TPSA) is 24.7 Å². The summed E-state index contributed by atoms with van der Waals surface area (Å²) in [5.74, 6) is 0. The average Bonchev–Trinajstić information content (AvgIpc) is 2.55. The molecular formula is C21H26N2. The highest BCUT2D eigenvalue weighted by atomic mass is 14.7. The first-order valence-corrected chi connectivity index (χ1v) is 8.37. The second-order valence-electron chi connectivity index (χ2n) is 5.92. The molecule has 0 aliphatic heterocycles. The van der Waals surface area contributed by atoms with Crippen LogP contribution in [0.15, 0.2) is 58.5 Å². The van der Waals surface area contributed by atoms with Crippen LogP contribution < -0.4 is 0 Å². The lowest BCUT2D eigenvalue weighted by atomic mass is 10.0. The van der Waals surface area contributed by atoms with Gasteiger partial charge in [0, 0.05) is 11.4 Å². The van der Waals surface area contributed by atoms with Gasteiger partial charge in [0.05, 0.1) is 11.4 Å². The molecule has 2 aromatic rings. The van der Waals surface area contributed by atoms with E-state index in [2.05, 4.69) is 86.2 Å². The third kappa shape index (κ3) is 5.48. The van der Waals surface area contributed by atoms with Crippen molar-refractivity contribution in [2.24, 2.45) is 9.98 Å². The second kappa shape index (κ2) is 8.42. The van der Waals surface area contributed by atoms with Crippen molar-refractivity contribution in [1.29, 1.82) is 0 Å². The fourth-order valence-electron chi connectivity index (χ4n) is 2.31. The number of benzene rings is 2. The Labute approximate surface area is 140 Å². The molecule has 120 valence electrons. The number of aliphatic imine (C=N–C) groups is 2. The molecule has 0 saturated carbocycles. The van der Waals surface area contributed by atoms with E-state index in [1.165, 1.54) is 11.1 Å². The molecule has 0 aliphatic carbocycles. The van der Waals surface area contributed by atoms with Gasteiger partial charge in [0.2, 0.25) is 0 Å². The predicted octanol–water partition coefficient (Wildman–Crippen LogP) is 6.28. The number of hydrogen-bond acceptors (Lipinski definition) is 2. The fraction of sp³-hybridized carbons (Fsp3) is 0.333. The molecule has 0 bridgehead atoms. The van der Waals surface area contributed by atoms with Crippen molar-refractivity contribution in [3.63, 3.8) is 0 Å². The van der Waals surface area contributed by atoms with E-state index in [4.69, 9.17) is 0 Å². The first kappa shape index (κ1) is 17.1. The molecule has 0 fully saturated rings. The molecule has 0 atom stereocenters. The molecule has 2 aromatic carbocycles. The van der Waals surface area contributed by atoms with Gasteiger partial charge in [-0.15, -0.1) is 0 Å². The van der Waals surface area contributed by atoms with Crippen LogP contribution in [-0.2, 0) is 6.42 Å². The first-order chi connectivity index (χ1) is 11.1. The molecule has 0 spiro atoms. The Morgan fingerprint density at radius 3 is 1.57 bits per heavy atom. The smallest absolute Gasteiger partial charge is 0.0631 e. The van der Waals surface area contributed by atoms with Crippen LogP contribution in [0, 0.1) is 0 Å². The zero-order valence-corrected chi connectivity index (χ0v) is 14.6. The summed E-state index contributed by atoms with van der Waals surface area (Å²) in [6.07, 6.45) is 2.88. The van der Waals surface area contributed by atoms with Crippen molar-refractivity contribution >= 4 is 22.8 Å². The van der Waals surface area contributed by atoms with Crippen molar-refractivity contribution in [2.75, 3.05) is 0 Å². The van der Waals surface area contributed by atoms with Crippen molar-refractivity contribution < 1.29 is 0 Å². The van der Waals surface area contributed by atoms with E-state index in [-0.39, 0.29) is 0 Å². The Bertz CT molecular complexity index is 650. The Hall–Kier alpha value is -2.22. The van der Waals surface area contributed by atoms with Gasteiger partial charge in [0.25, 0.3) is 0 Å². The maximum Gasteiger partial charge on any atom is 0.0631 e. The van der Waals surface area contributed by atoms with Crippen molar-refractivity contribution in [2.45, 2.75) is 47.0 Å². The Morgan fingerprint density at radius 1 is 0.739 bits per heavy atom. The summed E-state index contributed by atoms with van der Waals surface area (Å²) in [7, 11) is 0. The largest absolute Gasteiger partial charge is 0.258 e. The quantitative estimate of drug-likeness (QED) is 0.561. The van der Waals surface area contributed by atoms with Gasteiger partial charge in [0.15, 0.2) is 0 Å². The first-order valence-electron chi connectivity index (χ1n) is 8.37. The lowest BCUT2D eigenvalue weighted by molar-refractivity contribution is 1.18. The molecule has 2 heteroatoms. The molecule has 2 nitrogen and oxygen atoms in total. The molecule has 0 saturated heterocycles. The molecule has 0 unspecified atom stereocenters. The lowest BCUT2D eigenvalue weighted by Crippen LogP contribution is -1.90. The van der Waals surface area contributed by atoms with Crippen molar-refractivity contribution in [1.82, 2.24) is 0 Å². The molecule has 23 heavy (non-hydrogen) atoms. The standard InChI is InChI=1S/C21H26N2/c1-5-16(3)22-20-11-7-9-18(14-20)13-19-10-8-12-21(15-19)23-17(4)6-2/h7-12,14-15H,5-6,13H2,1-4H3. The van der Waals surface area contributed by atoms with E-state index < -0.39 is 0 Å². The van der Waals surface area contributed by atoms with E-state index in [1.807, 2.05) is 0 Å². The van der Waals surface area contributed by atoms with Gasteiger partial charge >= 0.3 is 0 Å². The second-order valence-corrected chi connectivity index (χ2v) is 5.92.